The van der Waals surface area contributed by atoms with Crippen molar-refractivity contribution in [3.8, 4) is 0 Å². The second kappa shape index (κ2) is 10.1. The van der Waals surface area contributed by atoms with Crippen molar-refractivity contribution in [2.75, 3.05) is 30.3 Å². The molecule has 2 heterocycles. The summed E-state index contributed by atoms with van der Waals surface area (Å²) in [6, 6.07) is 16.1. The Balaban J connectivity index is 1.43. The van der Waals surface area contributed by atoms with Crippen molar-refractivity contribution in [1.82, 2.24) is 20.1 Å². The largest absolute Gasteiger partial charge is 0.478 e. The van der Waals surface area contributed by atoms with Crippen LogP contribution < -0.4 is 10.6 Å². The van der Waals surface area contributed by atoms with Crippen molar-refractivity contribution in [2.45, 2.75) is 31.8 Å². The Morgan fingerprint density at radius 3 is 2.38 bits per heavy atom. The molecule has 0 amide bonds. The van der Waals surface area contributed by atoms with E-state index in [0.717, 1.165) is 55.5 Å². The lowest BCUT2D eigenvalue weighted by atomic mass is 10.0. The molecule has 0 atom stereocenters. The second-order valence-electron chi connectivity index (χ2n) is 8.09. The summed E-state index contributed by atoms with van der Waals surface area (Å²) in [6.45, 7) is 3.46. The summed E-state index contributed by atoms with van der Waals surface area (Å²) < 4.78 is 1.08. The lowest BCUT2D eigenvalue weighted by Crippen LogP contribution is -2.45. The molecule has 9 heteroatoms. The third-order valence-corrected chi connectivity index (χ3v) is 6.47. The normalized spacial score (nSPS) is 14.8. The molecular formula is C23H27BrN6O2. The number of benzene rings is 2. The molecule has 0 radical (unpaired) electrons. The maximum atomic E-state index is 11.2. The highest BCUT2D eigenvalue weighted by molar-refractivity contribution is 9.10. The van der Waals surface area contributed by atoms with Crippen molar-refractivity contribution in [3.05, 3.63) is 69.7 Å². The van der Waals surface area contributed by atoms with Gasteiger partial charge in [0.05, 0.1) is 5.56 Å². The average molecular weight is 499 g/mol. The molecule has 1 fully saturated rings. The van der Waals surface area contributed by atoms with Gasteiger partial charge in [0.15, 0.2) is 0 Å². The number of aromatic nitrogens is 3. The Labute approximate surface area is 195 Å². The quantitative estimate of drug-likeness (QED) is 0.435. The number of rotatable bonds is 8. The van der Waals surface area contributed by atoms with Gasteiger partial charge in [-0.2, -0.15) is 4.98 Å². The number of piperidine rings is 1. The number of aromatic carboxylic acids is 1. The van der Waals surface area contributed by atoms with Crippen LogP contribution in [0, 0.1) is 0 Å². The highest BCUT2D eigenvalue weighted by Gasteiger charge is 2.26. The Hall–Kier alpha value is -2.91. The van der Waals surface area contributed by atoms with Gasteiger partial charge in [-0.3, -0.25) is 4.90 Å². The summed E-state index contributed by atoms with van der Waals surface area (Å²) in [6.07, 6.45) is 2.96. The lowest BCUT2D eigenvalue weighted by Gasteiger charge is -2.38. The maximum Gasteiger partial charge on any atom is 0.335 e. The fourth-order valence-electron chi connectivity index (χ4n) is 4.14. The van der Waals surface area contributed by atoms with E-state index in [0.29, 0.717) is 23.5 Å². The van der Waals surface area contributed by atoms with Crippen LogP contribution >= 0.6 is 15.9 Å². The van der Waals surface area contributed by atoms with Gasteiger partial charge in [-0.25, -0.2) is 9.89 Å². The van der Waals surface area contributed by atoms with E-state index < -0.39 is 5.97 Å². The first kappa shape index (κ1) is 22.3. The maximum absolute atomic E-state index is 11.2. The SMILES string of the molecule is Nc1nc(N2CCC(N(CCc3ccc(Br)cc3)Cc3ccc(C(=O)O)cc3)CC2)n[nH]1. The third kappa shape index (κ3) is 5.66. The predicted molar refractivity (Wildman–Crippen MR) is 128 cm³/mol. The number of hydrogen-bond donors (Lipinski definition) is 3. The van der Waals surface area contributed by atoms with Crippen molar-refractivity contribution in [1.29, 1.82) is 0 Å². The van der Waals surface area contributed by atoms with Crippen LogP contribution in [0.25, 0.3) is 0 Å². The molecule has 0 aliphatic carbocycles. The van der Waals surface area contributed by atoms with E-state index >= 15 is 0 Å². The van der Waals surface area contributed by atoms with Gasteiger partial charge in [-0.05, 0) is 54.7 Å². The van der Waals surface area contributed by atoms with Crippen LogP contribution in [0.3, 0.4) is 0 Å². The zero-order valence-electron chi connectivity index (χ0n) is 17.7. The molecule has 4 rings (SSSR count). The first-order valence-corrected chi connectivity index (χ1v) is 11.5. The minimum absolute atomic E-state index is 0.314. The Morgan fingerprint density at radius 1 is 1.12 bits per heavy atom. The van der Waals surface area contributed by atoms with Crippen LogP contribution in [0.5, 0.6) is 0 Å². The second-order valence-corrected chi connectivity index (χ2v) is 9.00. The Morgan fingerprint density at radius 2 is 1.78 bits per heavy atom. The topological polar surface area (TPSA) is 111 Å². The first-order valence-electron chi connectivity index (χ1n) is 10.7. The van der Waals surface area contributed by atoms with Crippen LogP contribution in [0.2, 0.25) is 0 Å². The molecule has 168 valence electrons. The highest BCUT2D eigenvalue weighted by Crippen LogP contribution is 2.23. The number of hydrogen-bond acceptors (Lipinski definition) is 6. The molecular weight excluding hydrogens is 472 g/mol. The molecule has 1 aliphatic rings. The summed E-state index contributed by atoms with van der Waals surface area (Å²) in [7, 11) is 0. The van der Waals surface area contributed by atoms with Gasteiger partial charge >= 0.3 is 5.97 Å². The fourth-order valence-corrected chi connectivity index (χ4v) is 4.40. The Kier molecular flexibility index (Phi) is 7.06. The number of anilines is 2. The average Bonchev–Trinajstić information content (AvgIpc) is 3.24. The molecule has 1 saturated heterocycles. The number of carboxylic acid groups (broad SMARTS) is 1. The van der Waals surface area contributed by atoms with E-state index in [1.165, 1.54) is 5.56 Å². The number of nitrogens with two attached hydrogens (primary N) is 1. The summed E-state index contributed by atoms with van der Waals surface area (Å²) in [5, 5.41) is 16.1. The number of halogens is 1. The zero-order chi connectivity index (χ0) is 22.5. The lowest BCUT2D eigenvalue weighted by molar-refractivity contribution is 0.0697. The molecule has 0 saturated carbocycles. The van der Waals surface area contributed by atoms with Crippen LogP contribution in [-0.2, 0) is 13.0 Å². The van der Waals surface area contributed by atoms with Gasteiger partial charge in [0.2, 0.25) is 11.9 Å². The summed E-state index contributed by atoms with van der Waals surface area (Å²) >= 11 is 3.50. The number of carboxylic acids is 1. The first-order chi connectivity index (χ1) is 15.5. The van der Waals surface area contributed by atoms with E-state index in [-0.39, 0.29) is 0 Å². The minimum Gasteiger partial charge on any atom is -0.478 e. The number of carbonyl (C=O) groups is 1. The van der Waals surface area contributed by atoms with Gasteiger partial charge < -0.3 is 15.7 Å². The summed E-state index contributed by atoms with van der Waals surface area (Å²) in [4.78, 5) is 20.1. The summed E-state index contributed by atoms with van der Waals surface area (Å²) in [5.74, 6) is 0.0957. The van der Waals surface area contributed by atoms with Gasteiger partial charge in [0.1, 0.15) is 0 Å². The Bertz CT molecular complexity index is 1030. The van der Waals surface area contributed by atoms with Crippen LogP contribution in [0.15, 0.2) is 53.0 Å². The molecule has 8 nitrogen and oxygen atoms in total. The van der Waals surface area contributed by atoms with E-state index in [1.807, 2.05) is 12.1 Å². The number of nitrogens with one attached hydrogen (secondary N) is 1. The molecule has 0 unspecified atom stereocenters. The van der Waals surface area contributed by atoms with Crippen LogP contribution in [-0.4, -0.2) is 56.8 Å². The van der Waals surface area contributed by atoms with E-state index in [1.54, 1.807) is 12.1 Å². The number of nitrogen functional groups attached to an aromatic ring is 1. The molecule has 0 spiro atoms. The monoisotopic (exact) mass is 498 g/mol. The van der Waals surface area contributed by atoms with Gasteiger partial charge in [-0.15, -0.1) is 5.10 Å². The molecule has 2 aromatic carbocycles. The van der Waals surface area contributed by atoms with Crippen molar-refractivity contribution < 1.29 is 9.90 Å². The minimum atomic E-state index is -0.899. The van der Waals surface area contributed by atoms with Crippen LogP contribution in [0.4, 0.5) is 11.9 Å². The van der Waals surface area contributed by atoms with E-state index in [2.05, 4.69) is 65.2 Å². The molecule has 0 bridgehead atoms. The standard InChI is InChI=1S/C23H27BrN6O2/c24-19-7-3-16(4-8-19)9-12-30(15-17-1-5-18(6-2-17)21(31)32)20-10-13-29(14-11-20)23-26-22(25)27-28-23/h1-8,20H,9-15H2,(H,31,32)(H3,25,26,27,28). The molecule has 3 aromatic rings. The van der Waals surface area contributed by atoms with Gasteiger partial charge in [0.25, 0.3) is 0 Å². The fraction of sp³-hybridized carbons (Fsp3) is 0.348. The predicted octanol–water partition coefficient (Wildman–Crippen LogP) is 3.56. The number of nitrogens with zero attached hydrogens (tertiary/aromatic N) is 4. The zero-order valence-corrected chi connectivity index (χ0v) is 19.3. The number of H-pyrrole nitrogens is 1. The number of aromatic amines is 1. The van der Waals surface area contributed by atoms with E-state index in [4.69, 9.17) is 5.73 Å². The molecule has 4 N–H and O–H groups in total. The molecule has 1 aromatic heterocycles. The smallest absolute Gasteiger partial charge is 0.335 e. The molecule has 1 aliphatic heterocycles. The highest BCUT2D eigenvalue weighted by atomic mass is 79.9. The van der Waals surface area contributed by atoms with Crippen molar-refractivity contribution >= 4 is 33.8 Å². The van der Waals surface area contributed by atoms with Crippen LogP contribution in [0.1, 0.15) is 34.3 Å². The summed E-state index contributed by atoms with van der Waals surface area (Å²) in [5.41, 5.74) is 8.41. The van der Waals surface area contributed by atoms with E-state index in [9.17, 15) is 9.90 Å². The third-order valence-electron chi connectivity index (χ3n) is 5.94. The molecule has 32 heavy (non-hydrogen) atoms. The van der Waals surface area contributed by atoms with Gasteiger partial charge in [-0.1, -0.05) is 40.2 Å². The van der Waals surface area contributed by atoms with Gasteiger partial charge in [0, 0.05) is 36.7 Å². The van der Waals surface area contributed by atoms with Crippen molar-refractivity contribution in [2.24, 2.45) is 0 Å². The van der Waals surface area contributed by atoms with Crippen molar-refractivity contribution in [3.63, 3.8) is 0 Å².